The molecule has 21 heavy (non-hydrogen) atoms. The topological polar surface area (TPSA) is 69.4 Å². The normalized spacial score (nSPS) is 10.2. The third kappa shape index (κ3) is 3.89. The van der Waals surface area contributed by atoms with Crippen LogP contribution in [0.25, 0.3) is 0 Å². The number of rotatable bonds is 5. The van der Waals surface area contributed by atoms with Crippen LogP contribution in [0.4, 0.5) is 5.69 Å². The lowest BCUT2D eigenvalue weighted by Crippen LogP contribution is -2.12. The maximum Gasteiger partial charge on any atom is 0.312 e. The van der Waals surface area contributed by atoms with Crippen LogP contribution < -0.4 is 4.74 Å². The number of ketones is 1. The summed E-state index contributed by atoms with van der Waals surface area (Å²) in [5.74, 6) is -0.208. The predicted octanol–water partition coefficient (Wildman–Crippen LogP) is 4.38. The van der Waals surface area contributed by atoms with Crippen molar-refractivity contribution in [3.8, 4) is 5.75 Å². The number of nitro benzene ring substituents is 1. The number of ether oxygens (including phenoxy) is 1. The molecule has 5 nitrogen and oxygen atoms in total. The quantitative estimate of drug-likeness (QED) is 0.413. The van der Waals surface area contributed by atoms with E-state index in [1.54, 1.807) is 30.3 Å². The summed E-state index contributed by atoms with van der Waals surface area (Å²) in [6.45, 7) is -0.273. The summed E-state index contributed by atoms with van der Waals surface area (Å²) in [4.78, 5) is 22.4. The molecule has 0 amide bonds. The summed E-state index contributed by atoms with van der Waals surface area (Å²) in [7, 11) is 0. The molecule has 0 saturated heterocycles. The first-order chi connectivity index (χ1) is 9.99. The van der Waals surface area contributed by atoms with Gasteiger partial charge in [-0.2, -0.15) is 0 Å². The number of Topliss-reactive ketones (excluding diaryl/α,β-unsaturated/α-hetero) is 1. The van der Waals surface area contributed by atoms with Gasteiger partial charge in [-0.05, 0) is 34.1 Å². The van der Waals surface area contributed by atoms with E-state index in [0.29, 0.717) is 10.0 Å². The highest BCUT2D eigenvalue weighted by Crippen LogP contribution is 2.34. The Labute approximate surface area is 137 Å². The molecule has 0 unspecified atom stereocenters. The Kier molecular flexibility index (Phi) is 5.08. The smallest absolute Gasteiger partial charge is 0.312 e. The molecule has 2 aromatic carbocycles. The molecule has 7 heteroatoms. The molecule has 0 fully saturated rings. The number of hydrogen-bond donors (Lipinski definition) is 0. The van der Waals surface area contributed by atoms with Crippen LogP contribution in [0.5, 0.6) is 5.75 Å². The van der Waals surface area contributed by atoms with Crippen molar-refractivity contribution < 1.29 is 14.5 Å². The monoisotopic (exact) mass is 413 g/mol. The molecule has 108 valence electrons. The number of para-hydroxylation sites is 1. The van der Waals surface area contributed by atoms with Gasteiger partial charge in [0.15, 0.2) is 12.4 Å². The molecule has 0 saturated carbocycles. The van der Waals surface area contributed by atoms with Crippen LogP contribution in [0, 0.1) is 10.1 Å². The van der Waals surface area contributed by atoms with Crippen molar-refractivity contribution in [2.75, 3.05) is 6.61 Å². The molecule has 0 aliphatic heterocycles. The Balaban J connectivity index is 2.15. The second kappa shape index (κ2) is 6.82. The summed E-state index contributed by atoms with van der Waals surface area (Å²) in [6.07, 6.45) is 0. The molecule has 0 aliphatic rings. The molecule has 0 bridgehead atoms. The van der Waals surface area contributed by atoms with Gasteiger partial charge >= 0.3 is 5.69 Å². The van der Waals surface area contributed by atoms with E-state index in [9.17, 15) is 14.9 Å². The average Bonchev–Trinajstić information content (AvgIpc) is 2.46. The van der Waals surface area contributed by atoms with E-state index in [1.807, 2.05) is 0 Å². The van der Waals surface area contributed by atoms with E-state index in [-0.39, 0.29) is 23.8 Å². The minimum absolute atomic E-state index is 0.0490. The second-order valence-corrected chi connectivity index (χ2v) is 5.83. The Hall–Kier alpha value is -1.73. The largest absolute Gasteiger partial charge is 0.478 e. The molecule has 0 N–H and O–H groups in total. The highest BCUT2D eigenvalue weighted by molar-refractivity contribution is 9.10. The SMILES string of the molecule is O=C(COc1c(Br)cccc1[N+](=O)[O-])c1ccc(Br)cc1. The summed E-state index contributed by atoms with van der Waals surface area (Å²) < 4.78 is 6.62. The number of benzene rings is 2. The molecule has 2 aromatic rings. The Morgan fingerprint density at radius 2 is 1.81 bits per heavy atom. The zero-order valence-corrected chi connectivity index (χ0v) is 13.8. The maximum absolute atomic E-state index is 12.0. The van der Waals surface area contributed by atoms with Crippen molar-refractivity contribution >= 4 is 43.3 Å². The van der Waals surface area contributed by atoms with Gasteiger partial charge in [0.05, 0.1) is 9.40 Å². The number of carbonyl (C=O) groups excluding carboxylic acids is 1. The van der Waals surface area contributed by atoms with Crippen molar-refractivity contribution in [1.29, 1.82) is 0 Å². The lowest BCUT2D eigenvalue weighted by Gasteiger charge is -2.08. The van der Waals surface area contributed by atoms with Gasteiger partial charge < -0.3 is 4.74 Å². The Bertz CT molecular complexity index is 686. The molecule has 2 rings (SSSR count). The number of nitro groups is 1. The fourth-order valence-corrected chi connectivity index (χ4v) is 2.38. The molecular formula is C14H9Br2NO4. The zero-order valence-electron chi connectivity index (χ0n) is 10.6. The minimum atomic E-state index is -0.551. The van der Waals surface area contributed by atoms with Crippen molar-refractivity contribution in [3.05, 3.63) is 67.1 Å². The van der Waals surface area contributed by atoms with Gasteiger partial charge in [-0.25, -0.2) is 0 Å². The number of halogens is 2. The van der Waals surface area contributed by atoms with Crippen molar-refractivity contribution in [2.24, 2.45) is 0 Å². The van der Waals surface area contributed by atoms with E-state index in [2.05, 4.69) is 31.9 Å². The number of hydrogen-bond acceptors (Lipinski definition) is 4. The van der Waals surface area contributed by atoms with E-state index in [0.717, 1.165) is 4.47 Å². The standard InChI is InChI=1S/C14H9Br2NO4/c15-10-6-4-9(5-7-10)13(18)8-21-14-11(16)2-1-3-12(14)17(19)20/h1-7H,8H2. The van der Waals surface area contributed by atoms with Gasteiger partial charge in [0.2, 0.25) is 5.75 Å². The zero-order chi connectivity index (χ0) is 15.4. The summed E-state index contributed by atoms with van der Waals surface area (Å²) in [6, 6.07) is 11.3. The van der Waals surface area contributed by atoms with Gasteiger partial charge in [-0.15, -0.1) is 0 Å². The summed E-state index contributed by atoms with van der Waals surface area (Å²) in [5, 5.41) is 10.9. The molecule has 0 aromatic heterocycles. The molecule has 0 heterocycles. The van der Waals surface area contributed by atoms with Gasteiger partial charge in [0, 0.05) is 16.1 Å². The van der Waals surface area contributed by atoms with Crippen molar-refractivity contribution in [1.82, 2.24) is 0 Å². The van der Waals surface area contributed by atoms with Gasteiger partial charge in [0.1, 0.15) is 0 Å². The lowest BCUT2D eigenvalue weighted by atomic mass is 10.1. The average molecular weight is 415 g/mol. The maximum atomic E-state index is 12.0. The Morgan fingerprint density at radius 1 is 1.14 bits per heavy atom. The minimum Gasteiger partial charge on any atom is -0.478 e. The Morgan fingerprint density at radius 3 is 2.43 bits per heavy atom. The highest BCUT2D eigenvalue weighted by Gasteiger charge is 2.19. The van der Waals surface area contributed by atoms with E-state index in [4.69, 9.17) is 4.74 Å². The summed E-state index contributed by atoms with van der Waals surface area (Å²) >= 11 is 6.47. The summed E-state index contributed by atoms with van der Waals surface area (Å²) in [5.41, 5.74) is 0.292. The fourth-order valence-electron chi connectivity index (χ4n) is 1.64. The molecule has 0 atom stereocenters. The lowest BCUT2D eigenvalue weighted by molar-refractivity contribution is -0.385. The second-order valence-electron chi connectivity index (χ2n) is 4.06. The number of carbonyl (C=O) groups is 1. The molecule has 0 spiro atoms. The van der Waals surface area contributed by atoms with E-state index in [1.165, 1.54) is 12.1 Å². The molecule has 0 radical (unpaired) electrons. The van der Waals surface area contributed by atoms with Crippen molar-refractivity contribution in [3.63, 3.8) is 0 Å². The van der Waals surface area contributed by atoms with Gasteiger partial charge in [0.25, 0.3) is 0 Å². The first kappa shape index (κ1) is 15.7. The predicted molar refractivity (Wildman–Crippen MR) is 84.8 cm³/mol. The van der Waals surface area contributed by atoms with Crippen LogP contribution in [0.3, 0.4) is 0 Å². The van der Waals surface area contributed by atoms with Crippen LogP contribution in [0.2, 0.25) is 0 Å². The van der Waals surface area contributed by atoms with Crippen LogP contribution in [-0.2, 0) is 0 Å². The van der Waals surface area contributed by atoms with Crippen LogP contribution in [-0.4, -0.2) is 17.3 Å². The van der Waals surface area contributed by atoms with Gasteiger partial charge in [-0.3, -0.25) is 14.9 Å². The van der Waals surface area contributed by atoms with E-state index >= 15 is 0 Å². The van der Waals surface area contributed by atoms with Crippen LogP contribution in [0.15, 0.2) is 51.4 Å². The first-order valence-corrected chi connectivity index (χ1v) is 7.42. The van der Waals surface area contributed by atoms with Gasteiger partial charge in [-0.1, -0.05) is 34.1 Å². The molecular weight excluding hydrogens is 406 g/mol. The van der Waals surface area contributed by atoms with Crippen molar-refractivity contribution in [2.45, 2.75) is 0 Å². The first-order valence-electron chi connectivity index (χ1n) is 5.83. The van der Waals surface area contributed by atoms with E-state index < -0.39 is 4.92 Å². The van der Waals surface area contributed by atoms with Crippen LogP contribution >= 0.6 is 31.9 Å². The third-order valence-corrected chi connectivity index (χ3v) is 3.81. The van der Waals surface area contributed by atoms with Crippen LogP contribution in [0.1, 0.15) is 10.4 Å². The third-order valence-electron chi connectivity index (χ3n) is 2.66. The fraction of sp³-hybridized carbons (Fsp3) is 0.0714. The number of nitrogens with zero attached hydrogens (tertiary/aromatic N) is 1. The highest BCUT2D eigenvalue weighted by atomic mass is 79.9. The molecule has 0 aliphatic carbocycles.